The molecule has 1 aromatic carbocycles. The Kier molecular flexibility index (Phi) is 4.04. The molecule has 0 aliphatic carbocycles. The first-order valence-corrected chi connectivity index (χ1v) is 4.97. The summed E-state index contributed by atoms with van der Waals surface area (Å²) in [5.41, 5.74) is 6.00. The lowest BCUT2D eigenvalue weighted by atomic mass is 10.0. The van der Waals surface area contributed by atoms with Crippen LogP contribution in [0.3, 0.4) is 0 Å². The number of aliphatic hydroxyl groups excluding tert-OH is 1. The summed E-state index contributed by atoms with van der Waals surface area (Å²) in [5, 5.41) is 9.91. The third-order valence-electron chi connectivity index (χ3n) is 2.11. The Labute approximate surface area is 95.8 Å². The van der Waals surface area contributed by atoms with Gasteiger partial charge in [0.2, 0.25) is 0 Å². The van der Waals surface area contributed by atoms with Crippen molar-refractivity contribution in [2.45, 2.75) is 25.1 Å². The first-order valence-electron chi connectivity index (χ1n) is 4.59. The molecule has 0 aliphatic heterocycles. The lowest BCUT2D eigenvalue weighted by molar-refractivity contribution is -0.140. The molecule has 90 valence electrons. The number of hydrogen-bond acceptors (Lipinski definition) is 2. The van der Waals surface area contributed by atoms with Crippen LogP contribution in [0.25, 0.3) is 0 Å². The fraction of sp³-hybridized carbons (Fsp3) is 0.400. The van der Waals surface area contributed by atoms with Crippen LogP contribution in [-0.2, 0) is 0 Å². The molecule has 1 aromatic rings. The molecule has 0 bridgehead atoms. The second-order valence-corrected chi connectivity index (χ2v) is 3.88. The van der Waals surface area contributed by atoms with Crippen molar-refractivity contribution in [2.75, 3.05) is 5.73 Å². The van der Waals surface area contributed by atoms with Crippen LogP contribution in [0, 0.1) is 0 Å². The van der Waals surface area contributed by atoms with E-state index in [-0.39, 0.29) is 11.3 Å². The van der Waals surface area contributed by atoms with Crippen molar-refractivity contribution in [1.29, 1.82) is 0 Å². The van der Waals surface area contributed by atoms with Gasteiger partial charge in [-0.05, 0) is 18.6 Å². The first-order chi connectivity index (χ1) is 7.29. The van der Waals surface area contributed by atoms with Crippen molar-refractivity contribution in [3.05, 3.63) is 28.8 Å². The van der Waals surface area contributed by atoms with E-state index in [9.17, 15) is 18.3 Å². The van der Waals surface area contributed by atoms with Crippen molar-refractivity contribution >= 4 is 17.3 Å². The highest BCUT2D eigenvalue weighted by Crippen LogP contribution is 2.30. The fourth-order valence-corrected chi connectivity index (χ4v) is 1.49. The Morgan fingerprint density at radius 1 is 1.38 bits per heavy atom. The minimum atomic E-state index is -4.28. The summed E-state index contributed by atoms with van der Waals surface area (Å²) in [7, 11) is 0. The van der Waals surface area contributed by atoms with Crippen molar-refractivity contribution in [1.82, 2.24) is 0 Å². The summed E-state index contributed by atoms with van der Waals surface area (Å²) in [6.45, 7) is 0. The van der Waals surface area contributed by atoms with E-state index in [4.69, 9.17) is 17.3 Å². The summed E-state index contributed by atoms with van der Waals surface area (Å²) in [6, 6.07) is 4.30. The largest absolute Gasteiger partial charge is 0.398 e. The maximum Gasteiger partial charge on any atom is 0.389 e. The molecule has 0 spiro atoms. The predicted octanol–water partition coefficient (Wildman–Crippen LogP) is 3.30. The van der Waals surface area contributed by atoms with Crippen LogP contribution < -0.4 is 5.73 Å². The molecule has 6 heteroatoms. The second-order valence-electron chi connectivity index (χ2n) is 3.44. The highest BCUT2D eigenvalue weighted by atomic mass is 35.5. The molecular weight excluding hydrogens is 243 g/mol. The number of hydrogen-bond donors (Lipinski definition) is 2. The van der Waals surface area contributed by atoms with Gasteiger partial charge in [0.25, 0.3) is 0 Å². The Morgan fingerprint density at radius 2 is 2.00 bits per heavy atom. The topological polar surface area (TPSA) is 46.2 Å². The number of aliphatic hydroxyl groups is 1. The van der Waals surface area contributed by atoms with Crippen molar-refractivity contribution in [3.8, 4) is 0 Å². The molecule has 3 N–H and O–H groups in total. The number of anilines is 1. The van der Waals surface area contributed by atoms with E-state index in [1.54, 1.807) is 0 Å². The van der Waals surface area contributed by atoms with Gasteiger partial charge >= 0.3 is 6.18 Å². The van der Waals surface area contributed by atoms with E-state index < -0.39 is 25.1 Å². The van der Waals surface area contributed by atoms with E-state index in [0.29, 0.717) is 5.02 Å². The Bertz CT molecular complexity index is 368. The zero-order valence-electron chi connectivity index (χ0n) is 8.26. The maximum atomic E-state index is 11.9. The van der Waals surface area contributed by atoms with Gasteiger partial charge in [0.05, 0.1) is 6.10 Å². The van der Waals surface area contributed by atoms with Gasteiger partial charge in [0, 0.05) is 22.7 Å². The van der Waals surface area contributed by atoms with Crippen LogP contribution in [-0.4, -0.2) is 11.3 Å². The number of nitrogen functional groups attached to an aromatic ring is 1. The van der Waals surface area contributed by atoms with Gasteiger partial charge in [-0.2, -0.15) is 13.2 Å². The average molecular weight is 254 g/mol. The van der Waals surface area contributed by atoms with Crippen LogP contribution in [0.4, 0.5) is 18.9 Å². The monoisotopic (exact) mass is 253 g/mol. The van der Waals surface area contributed by atoms with Crippen LogP contribution in [0.1, 0.15) is 24.5 Å². The van der Waals surface area contributed by atoms with E-state index >= 15 is 0 Å². The number of alkyl halides is 3. The molecule has 1 rings (SSSR count). The molecule has 0 heterocycles. The van der Waals surface area contributed by atoms with Gasteiger partial charge in [-0.15, -0.1) is 0 Å². The van der Waals surface area contributed by atoms with Gasteiger partial charge in [0.15, 0.2) is 0 Å². The second kappa shape index (κ2) is 4.93. The third kappa shape index (κ3) is 3.90. The zero-order valence-corrected chi connectivity index (χ0v) is 9.02. The quantitative estimate of drug-likeness (QED) is 0.812. The molecule has 2 nitrogen and oxygen atoms in total. The van der Waals surface area contributed by atoms with Crippen molar-refractivity contribution in [2.24, 2.45) is 0 Å². The molecule has 0 saturated carbocycles. The molecule has 0 saturated heterocycles. The number of halogens is 4. The number of nitrogens with two attached hydrogens (primary N) is 1. The van der Waals surface area contributed by atoms with Crippen LogP contribution in [0.2, 0.25) is 5.02 Å². The van der Waals surface area contributed by atoms with E-state index in [1.165, 1.54) is 18.2 Å². The van der Waals surface area contributed by atoms with Crippen molar-refractivity contribution < 1.29 is 18.3 Å². The first kappa shape index (κ1) is 13.1. The van der Waals surface area contributed by atoms with Gasteiger partial charge in [0.1, 0.15) is 0 Å². The smallest absolute Gasteiger partial charge is 0.389 e. The summed E-state index contributed by atoms with van der Waals surface area (Å²) in [6.07, 6.45) is -6.95. The van der Waals surface area contributed by atoms with Gasteiger partial charge in [-0.25, -0.2) is 0 Å². The minimum absolute atomic E-state index is 0.196. The van der Waals surface area contributed by atoms with Crippen LogP contribution in [0.5, 0.6) is 0 Å². The van der Waals surface area contributed by atoms with Gasteiger partial charge in [-0.3, -0.25) is 0 Å². The van der Waals surface area contributed by atoms with Gasteiger partial charge < -0.3 is 10.8 Å². The average Bonchev–Trinajstić information content (AvgIpc) is 2.13. The molecule has 0 radical (unpaired) electrons. The standard InChI is InChI=1S/C10H11ClF3NO/c11-6-1-2-7(8(15)5-6)9(16)3-4-10(12,13)14/h1-2,5,9,16H,3-4,15H2. The van der Waals surface area contributed by atoms with E-state index in [2.05, 4.69) is 0 Å². The number of rotatable bonds is 3. The maximum absolute atomic E-state index is 11.9. The summed E-state index contributed by atoms with van der Waals surface area (Å²) in [4.78, 5) is 0. The fourth-order valence-electron chi connectivity index (χ4n) is 1.30. The Morgan fingerprint density at radius 3 is 2.50 bits per heavy atom. The van der Waals surface area contributed by atoms with E-state index in [0.717, 1.165) is 0 Å². The molecule has 0 aliphatic rings. The molecule has 1 unspecified atom stereocenters. The molecule has 16 heavy (non-hydrogen) atoms. The van der Waals surface area contributed by atoms with Crippen LogP contribution in [0.15, 0.2) is 18.2 Å². The highest BCUT2D eigenvalue weighted by Gasteiger charge is 2.28. The minimum Gasteiger partial charge on any atom is -0.398 e. The summed E-state index contributed by atoms with van der Waals surface area (Å²) >= 11 is 5.63. The van der Waals surface area contributed by atoms with E-state index in [1.807, 2.05) is 0 Å². The van der Waals surface area contributed by atoms with Crippen LogP contribution >= 0.6 is 11.6 Å². The summed E-state index contributed by atoms with van der Waals surface area (Å²) < 4.78 is 35.8. The zero-order chi connectivity index (χ0) is 12.3. The third-order valence-corrected chi connectivity index (χ3v) is 2.34. The van der Waals surface area contributed by atoms with Crippen molar-refractivity contribution in [3.63, 3.8) is 0 Å². The predicted molar refractivity (Wildman–Crippen MR) is 56.1 cm³/mol. The lowest BCUT2D eigenvalue weighted by Crippen LogP contribution is -2.11. The lowest BCUT2D eigenvalue weighted by Gasteiger charge is -2.14. The normalized spacial score (nSPS) is 13.8. The molecule has 1 atom stereocenters. The molecular formula is C10H11ClF3NO. The molecule has 0 fully saturated rings. The highest BCUT2D eigenvalue weighted by molar-refractivity contribution is 6.30. The SMILES string of the molecule is Nc1cc(Cl)ccc1C(O)CCC(F)(F)F. The molecule has 0 aromatic heterocycles. The summed E-state index contributed by atoms with van der Waals surface area (Å²) in [5.74, 6) is 0. The Hall–Kier alpha value is -0.940. The van der Waals surface area contributed by atoms with Gasteiger partial charge in [-0.1, -0.05) is 17.7 Å². The Balaban J connectivity index is 2.70. The number of benzene rings is 1. The molecule has 0 amide bonds.